The molecule has 0 unspecified atom stereocenters. The van der Waals surface area contributed by atoms with Crippen molar-refractivity contribution < 1.29 is 21.6 Å². The van der Waals surface area contributed by atoms with E-state index < -0.39 is 20.2 Å². The van der Waals surface area contributed by atoms with Crippen LogP contribution in [0.4, 0.5) is 18.9 Å². The van der Waals surface area contributed by atoms with Crippen molar-refractivity contribution in [3.05, 3.63) is 48.5 Å². The molecule has 0 aromatic heterocycles. The summed E-state index contributed by atoms with van der Waals surface area (Å²) in [6, 6.07) is 11.4. The summed E-state index contributed by atoms with van der Waals surface area (Å²) in [7, 11) is -5.46. The number of benzene rings is 2. The molecule has 0 heterocycles. The highest BCUT2D eigenvalue weighted by Crippen LogP contribution is 2.37. The molecule has 2 aromatic carbocycles. The summed E-state index contributed by atoms with van der Waals surface area (Å²) in [5, 5.41) is 0. The van der Waals surface area contributed by atoms with Gasteiger partial charge in [0.2, 0.25) is 0 Å². The lowest BCUT2D eigenvalue weighted by molar-refractivity contribution is -0.0435. The topological polar surface area (TPSA) is 60.2 Å². The highest BCUT2D eigenvalue weighted by Gasteiger charge is 2.48. The lowest BCUT2D eigenvalue weighted by atomic mass is 10.1. The summed E-state index contributed by atoms with van der Waals surface area (Å²) >= 11 is 0. The Bertz CT molecular complexity index is 725. The van der Waals surface area contributed by atoms with Gasteiger partial charge in [-0.1, -0.05) is 36.4 Å². The van der Waals surface area contributed by atoms with E-state index in [0.717, 1.165) is 6.07 Å². The SMILES string of the molecule is Nc1ccc(-c2ccccc2)c(S(=O)(=O)C(F)(F)F)c1. The molecular weight excluding hydrogens is 291 g/mol. The average Bonchev–Trinajstić information content (AvgIpc) is 2.38. The fraction of sp³-hybridized carbons (Fsp3) is 0.0769. The molecule has 0 radical (unpaired) electrons. The van der Waals surface area contributed by atoms with Crippen molar-refractivity contribution in [2.45, 2.75) is 10.4 Å². The van der Waals surface area contributed by atoms with Gasteiger partial charge in [-0.05, 0) is 17.7 Å². The maximum atomic E-state index is 12.7. The van der Waals surface area contributed by atoms with E-state index in [1.807, 2.05) is 0 Å². The number of nitrogen functional groups attached to an aromatic ring is 1. The van der Waals surface area contributed by atoms with Gasteiger partial charge in [-0.3, -0.25) is 0 Å². The number of nitrogens with two attached hydrogens (primary N) is 1. The fourth-order valence-corrected chi connectivity index (χ4v) is 2.76. The minimum absolute atomic E-state index is 0.0304. The van der Waals surface area contributed by atoms with Gasteiger partial charge in [0.25, 0.3) is 9.84 Å². The Kier molecular flexibility index (Phi) is 3.47. The highest BCUT2D eigenvalue weighted by atomic mass is 32.2. The number of hydrogen-bond acceptors (Lipinski definition) is 3. The Labute approximate surface area is 113 Å². The van der Waals surface area contributed by atoms with Crippen LogP contribution in [-0.2, 0) is 9.84 Å². The predicted octanol–water partition coefficient (Wildman–Crippen LogP) is 3.23. The van der Waals surface area contributed by atoms with Crippen molar-refractivity contribution in [2.75, 3.05) is 5.73 Å². The van der Waals surface area contributed by atoms with Crippen LogP contribution in [0.1, 0.15) is 0 Å². The van der Waals surface area contributed by atoms with Crippen LogP contribution in [0, 0.1) is 0 Å². The monoisotopic (exact) mass is 301 g/mol. The van der Waals surface area contributed by atoms with E-state index in [1.54, 1.807) is 18.2 Å². The molecule has 0 amide bonds. The minimum Gasteiger partial charge on any atom is -0.399 e. The second-order valence-corrected chi connectivity index (χ2v) is 5.98. The molecule has 0 atom stereocenters. The minimum atomic E-state index is -5.46. The van der Waals surface area contributed by atoms with Gasteiger partial charge in [0.05, 0.1) is 4.90 Å². The lowest BCUT2D eigenvalue weighted by Gasteiger charge is -2.13. The van der Waals surface area contributed by atoms with Gasteiger partial charge in [0.15, 0.2) is 0 Å². The molecule has 0 bridgehead atoms. The Morgan fingerprint density at radius 2 is 1.55 bits per heavy atom. The van der Waals surface area contributed by atoms with Crippen LogP contribution in [0.25, 0.3) is 11.1 Å². The summed E-state index contributed by atoms with van der Waals surface area (Å²) in [5.41, 5.74) is 0.335. The third kappa shape index (κ3) is 2.49. The largest absolute Gasteiger partial charge is 0.501 e. The van der Waals surface area contributed by atoms with E-state index in [1.165, 1.54) is 24.3 Å². The molecule has 2 N–H and O–H groups in total. The van der Waals surface area contributed by atoms with Gasteiger partial charge in [-0.25, -0.2) is 8.42 Å². The summed E-state index contributed by atoms with van der Waals surface area (Å²) < 4.78 is 61.4. The van der Waals surface area contributed by atoms with Gasteiger partial charge < -0.3 is 5.73 Å². The predicted molar refractivity (Wildman–Crippen MR) is 69.5 cm³/mol. The van der Waals surface area contributed by atoms with Crippen LogP contribution in [0.15, 0.2) is 53.4 Å². The maximum Gasteiger partial charge on any atom is 0.501 e. The molecule has 0 aliphatic rings. The number of hydrogen-bond donors (Lipinski definition) is 1. The second kappa shape index (κ2) is 4.82. The van der Waals surface area contributed by atoms with E-state index in [9.17, 15) is 21.6 Å². The Morgan fingerprint density at radius 3 is 2.10 bits per heavy atom. The summed E-state index contributed by atoms with van der Waals surface area (Å²) in [5.74, 6) is 0. The molecule has 7 heteroatoms. The van der Waals surface area contributed by atoms with E-state index in [4.69, 9.17) is 5.73 Å². The Hall–Kier alpha value is -2.02. The molecule has 106 valence electrons. The van der Waals surface area contributed by atoms with Gasteiger partial charge in [0, 0.05) is 11.3 Å². The molecule has 20 heavy (non-hydrogen) atoms. The molecule has 0 spiro atoms. The zero-order chi connectivity index (χ0) is 15.0. The van der Waals surface area contributed by atoms with Crippen molar-refractivity contribution in [1.82, 2.24) is 0 Å². The van der Waals surface area contributed by atoms with E-state index in [-0.39, 0.29) is 11.3 Å². The summed E-state index contributed by atoms with van der Waals surface area (Å²) in [4.78, 5) is -0.837. The zero-order valence-corrected chi connectivity index (χ0v) is 10.9. The van der Waals surface area contributed by atoms with Crippen LogP contribution in [0.2, 0.25) is 0 Å². The third-order valence-corrected chi connectivity index (χ3v) is 4.21. The summed E-state index contributed by atoms with van der Waals surface area (Å²) in [6.07, 6.45) is 0. The molecule has 0 aliphatic carbocycles. The molecule has 0 saturated heterocycles. The first kappa shape index (κ1) is 14.4. The third-order valence-electron chi connectivity index (χ3n) is 2.68. The van der Waals surface area contributed by atoms with Gasteiger partial charge in [-0.15, -0.1) is 0 Å². The molecule has 0 aliphatic heterocycles. The smallest absolute Gasteiger partial charge is 0.399 e. The first-order valence-corrected chi connectivity index (χ1v) is 6.98. The number of anilines is 1. The quantitative estimate of drug-likeness (QED) is 0.866. The maximum absolute atomic E-state index is 12.7. The molecule has 2 aromatic rings. The van der Waals surface area contributed by atoms with Gasteiger partial charge >= 0.3 is 5.51 Å². The number of rotatable bonds is 2. The van der Waals surface area contributed by atoms with Crippen molar-refractivity contribution in [1.29, 1.82) is 0 Å². The fourth-order valence-electron chi connectivity index (χ4n) is 1.74. The second-order valence-electron chi connectivity index (χ2n) is 4.07. The van der Waals surface area contributed by atoms with Crippen LogP contribution in [-0.4, -0.2) is 13.9 Å². The van der Waals surface area contributed by atoms with Crippen molar-refractivity contribution in [3.63, 3.8) is 0 Å². The molecule has 2 rings (SSSR count). The molecular formula is C13H10F3NO2S. The van der Waals surface area contributed by atoms with Crippen LogP contribution < -0.4 is 5.73 Å². The van der Waals surface area contributed by atoms with Crippen LogP contribution >= 0.6 is 0 Å². The highest BCUT2D eigenvalue weighted by molar-refractivity contribution is 7.92. The van der Waals surface area contributed by atoms with Crippen molar-refractivity contribution in [3.8, 4) is 11.1 Å². The van der Waals surface area contributed by atoms with E-state index in [2.05, 4.69) is 0 Å². The number of halogens is 3. The van der Waals surface area contributed by atoms with Crippen molar-refractivity contribution in [2.24, 2.45) is 0 Å². The molecule has 3 nitrogen and oxygen atoms in total. The number of sulfone groups is 1. The standard InChI is InChI=1S/C13H10F3NO2S/c14-13(15,16)20(18,19)12-8-10(17)6-7-11(12)9-4-2-1-3-5-9/h1-8H,17H2. The Balaban J connectivity index is 2.74. The molecule has 0 fully saturated rings. The normalized spacial score (nSPS) is 12.3. The van der Waals surface area contributed by atoms with Crippen LogP contribution in [0.5, 0.6) is 0 Å². The van der Waals surface area contributed by atoms with Gasteiger partial charge in [-0.2, -0.15) is 13.2 Å². The van der Waals surface area contributed by atoms with E-state index in [0.29, 0.717) is 5.56 Å². The first-order valence-electron chi connectivity index (χ1n) is 5.50. The first-order chi connectivity index (χ1) is 9.23. The van der Waals surface area contributed by atoms with Crippen molar-refractivity contribution >= 4 is 15.5 Å². The Morgan fingerprint density at radius 1 is 0.950 bits per heavy atom. The van der Waals surface area contributed by atoms with Gasteiger partial charge in [0.1, 0.15) is 0 Å². The average molecular weight is 301 g/mol. The lowest BCUT2D eigenvalue weighted by Crippen LogP contribution is -2.24. The van der Waals surface area contributed by atoms with E-state index >= 15 is 0 Å². The zero-order valence-electron chi connectivity index (χ0n) is 10.1. The summed E-state index contributed by atoms with van der Waals surface area (Å²) in [6.45, 7) is 0. The van der Waals surface area contributed by atoms with Crippen LogP contribution in [0.3, 0.4) is 0 Å². The number of alkyl halides is 3. The molecule has 0 saturated carbocycles.